The van der Waals surface area contributed by atoms with Gasteiger partial charge in [0.15, 0.2) is 0 Å². The Morgan fingerprint density at radius 1 is 1.31 bits per heavy atom. The third kappa shape index (κ3) is 3.70. The van der Waals surface area contributed by atoms with E-state index in [9.17, 15) is 9.00 Å². The van der Waals surface area contributed by atoms with E-state index < -0.39 is 10.8 Å². The van der Waals surface area contributed by atoms with Gasteiger partial charge in [-0.2, -0.15) is 0 Å². The Bertz CT molecular complexity index is 308. The molecule has 1 aromatic carbocycles. The highest BCUT2D eigenvalue weighted by Gasteiger charge is 2.00. The first kappa shape index (κ1) is 10.4. The Hall–Kier alpha value is -0.670. The molecule has 0 aliphatic carbocycles. The summed E-state index contributed by atoms with van der Waals surface area (Å²) in [5.41, 5.74) is 0.935. The van der Waals surface area contributed by atoms with Crippen LogP contribution in [0.2, 0.25) is 5.02 Å². The van der Waals surface area contributed by atoms with Crippen molar-refractivity contribution in [1.29, 1.82) is 0 Å². The topological polar surface area (TPSA) is 34.1 Å². The van der Waals surface area contributed by atoms with E-state index in [1.54, 1.807) is 12.1 Å². The molecule has 2 nitrogen and oxygen atoms in total. The molecule has 70 valence electrons. The van der Waals surface area contributed by atoms with Crippen LogP contribution in [0.1, 0.15) is 5.56 Å². The molecule has 4 heteroatoms. The maximum absolute atomic E-state index is 11.1. The number of hydrogen-bond donors (Lipinski definition) is 0. The minimum Gasteiger partial charge on any atom is -0.302 e. The maximum Gasteiger partial charge on any atom is 0.132 e. The molecule has 13 heavy (non-hydrogen) atoms. The average Bonchev–Trinajstić information content (AvgIpc) is 2.09. The second kappa shape index (κ2) is 5.14. The fourth-order valence-electron chi connectivity index (χ4n) is 0.901. The highest BCUT2D eigenvalue weighted by molar-refractivity contribution is 7.84. The van der Waals surface area contributed by atoms with E-state index in [1.807, 2.05) is 12.1 Å². The number of benzene rings is 1. The Morgan fingerprint density at radius 3 is 2.46 bits per heavy atom. The van der Waals surface area contributed by atoms with Gasteiger partial charge in [0.25, 0.3) is 0 Å². The van der Waals surface area contributed by atoms with Crippen molar-refractivity contribution < 1.29 is 9.00 Å². The highest BCUT2D eigenvalue weighted by Crippen LogP contribution is 2.10. The molecule has 0 spiro atoms. The molecule has 1 atom stereocenters. The molecule has 0 saturated heterocycles. The lowest BCUT2D eigenvalue weighted by atomic mass is 10.2. The first-order valence-corrected chi connectivity index (χ1v) is 5.62. The summed E-state index contributed by atoms with van der Waals surface area (Å²) in [5.74, 6) is 0.512. The molecule has 0 radical (unpaired) electrons. The summed E-state index contributed by atoms with van der Waals surface area (Å²) in [6.07, 6.45) is 0.673. The van der Waals surface area contributed by atoms with E-state index in [1.165, 1.54) is 0 Å². The Kier molecular flexibility index (Phi) is 4.12. The van der Waals surface area contributed by atoms with Crippen LogP contribution in [0.25, 0.3) is 0 Å². The monoisotopic (exact) mass is 216 g/mol. The van der Waals surface area contributed by atoms with Crippen LogP contribution < -0.4 is 0 Å². The lowest BCUT2D eigenvalue weighted by molar-refractivity contribution is -0.105. The largest absolute Gasteiger partial charge is 0.302 e. The van der Waals surface area contributed by atoms with Crippen LogP contribution in [-0.4, -0.2) is 16.2 Å². The molecule has 0 bridgehead atoms. The molecule has 0 fully saturated rings. The van der Waals surface area contributed by atoms with Crippen molar-refractivity contribution >= 4 is 28.7 Å². The number of aldehydes is 1. The standard InChI is InChI=1S/C9H9ClO2S/c10-9-3-1-8(2-4-9)7-13(12)6-5-11/h1-5H,6-7H2. The van der Waals surface area contributed by atoms with E-state index in [0.29, 0.717) is 17.1 Å². The second-order valence-corrected chi connectivity index (χ2v) is 4.48. The Labute approximate surface area is 84.4 Å². The van der Waals surface area contributed by atoms with Crippen molar-refractivity contribution in [3.8, 4) is 0 Å². The van der Waals surface area contributed by atoms with Gasteiger partial charge in [0.1, 0.15) is 6.29 Å². The van der Waals surface area contributed by atoms with Gasteiger partial charge in [0.2, 0.25) is 0 Å². The predicted molar refractivity (Wildman–Crippen MR) is 54.2 cm³/mol. The molecule has 1 rings (SSSR count). The third-order valence-corrected chi connectivity index (χ3v) is 2.91. The summed E-state index contributed by atoms with van der Waals surface area (Å²) in [5, 5.41) is 0.657. The van der Waals surface area contributed by atoms with E-state index >= 15 is 0 Å². The smallest absolute Gasteiger partial charge is 0.132 e. The predicted octanol–water partition coefficient (Wildman–Crippen LogP) is 1.79. The zero-order valence-corrected chi connectivity index (χ0v) is 8.48. The molecule has 0 aliphatic heterocycles. The van der Waals surface area contributed by atoms with Gasteiger partial charge in [-0.3, -0.25) is 4.21 Å². The van der Waals surface area contributed by atoms with Crippen molar-refractivity contribution in [1.82, 2.24) is 0 Å². The molecule has 0 amide bonds. The fraction of sp³-hybridized carbons (Fsp3) is 0.222. The van der Waals surface area contributed by atoms with E-state index in [4.69, 9.17) is 11.6 Å². The van der Waals surface area contributed by atoms with Crippen LogP contribution in [-0.2, 0) is 21.3 Å². The minimum atomic E-state index is -1.09. The summed E-state index contributed by atoms with van der Waals surface area (Å²) in [4.78, 5) is 10.0. The number of carbonyl (C=O) groups excluding carboxylic acids is 1. The van der Waals surface area contributed by atoms with Crippen LogP contribution in [0.5, 0.6) is 0 Å². The Morgan fingerprint density at radius 2 is 1.92 bits per heavy atom. The SMILES string of the molecule is O=CCS(=O)Cc1ccc(Cl)cc1. The quantitative estimate of drug-likeness (QED) is 0.720. The van der Waals surface area contributed by atoms with Gasteiger partial charge < -0.3 is 4.79 Å². The average molecular weight is 217 g/mol. The summed E-state index contributed by atoms with van der Waals surface area (Å²) < 4.78 is 11.1. The molecule has 0 saturated carbocycles. The Balaban J connectivity index is 2.59. The van der Waals surface area contributed by atoms with Gasteiger partial charge in [-0.05, 0) is 17.7 Å². The molecule has 0 N–H and O–H groups in total. The number of halogens is 1. The minimum absolute atomic E-state index is 0.0998. The van der Waals surface area contributed by atoms with Gasteiger partial charge in [-0.1, -0.05) is 23.7 Å². The van der Waals surface area contributed by atoms with Crippen LogP contribution in [0.15, 0.2) is 24.3 Å². The summed E-state index contributed by atoms with van der Waals surface area (Å²) in [7, 11) is -1.09. The van der Waals surface area contributed by atoms with Crippen LogP contribution in [0, 0.1) is 0 Å². The third-order valence-electron chi connectivity index (χ3n) is 1.49. The maximum atomic E-state index is 11.1. The van der Waals surface area contributed by atoms with Gasteiger partial charge in [-0.15, -0.1) is 0 Å². The summed E-state index contributed by atoms with van der Waals surface area (Å²) >= 11 is 5.68. The number of rotatable bonds is 4. The lowest BCUT2D eigenvalue weighted by Crippen LogP contribution is -2.01. The van der Waals surface area contributed by atoms with Crippen molar-refractivity contribution in [3.63, 3.8) is 0 Å². The molecular weight excluding hydrogens is 208 g/mol. The lowest BCUT2D eigenvalue weighted by Gasteiger charge is -1.98. The zero-order chi connectivity index (χ0) is 9.68. The number of hydrogen-bond acceptors (Lipinski definition) is 2. The van der Waals surface area contributed by atoms with Crippen molar-refractivity contribution in [3.05, 3.63) is 34.9 Å². The van der Waals surface area contributed by atoms with Gasteiger partial charge in [0, 0.05) is 21.6 Å². The summed E-state index contributed by atoms with van der Waals surface area (Å²) in [6, 6.07) is 7.11. The molecule has 1 aromatic rings. The van der Waals surface area contributed by atoms with Crippen LogP contribution >= 0.6 is 11.6 Å². The van der Waals surface area contributed by atoms with Crippen molar-refractivity contribution in [2.24, 2.45) is 0 Å². The first-order valence-electron chi connectivity index (χ1n) is 3.75. The molecule has 0 heterocycles. The normalized spacial score (nSPS) is 12.4. The summed E-state index contributed by atoms with van der Waals surface area (Å²) in [6.45, 7) is 0. The van der Waals surface area contributed by atoms with Gasteiger partial charge in [-0.25, -0.2) is 0 Å². The van der Waals surface area contributed by atoms with Gasteiger partial charge >= 0.3 is 0 Å². The van der Waals surface area contributed by atoms with Gasteiger partial charge in [0.05, 0.1) is 5.75 Å². The van der Waals surface area contributed by atoms with E-state index in [-0.39, 0.29) is 5.75 Å². The molecule has 0 aromatic heterocycles. The van der Waals surface area contributed by atoms with E-state index in [0.717, 1.165) is 5.56 Å². The molecular formula is C9H9ClO2S. The van der Waals surface area contributed by atoms with Crippen molar-refractivity contribution in [2.45, 2.75) is 5.75 Å². The first-order chi connectivity index (χ1) is 6.22. The number of carbonyl (C=O) groups is 1. The highest BCUT2D eigenvalue weighted by atomic mass is 35.5. The van der Waals surface area contributed by atoms with E-state index in [2.05, 4.69) is 0 Å². The van der Waals surface area contributed by atoms with Crippen LogP contribution in [0.3, 0.4) is 0 Å². The molecule has 0 aliphatic rings. The molecule has 1 unspecified atom stereocenters. The second-order valence-electron chi connectivity index (χ2n) is 2.54. The van der Waals surface area contributed by atoms with Crippen LogP contribution in [0.4, 0.5) is 0 Å². The fourth-order valence-corrected chi connectivity index (χ4v) is 1.86. The van der Waals surface area contributed by atoms with Crippen molar-refractivity contribution in [2.75, 3.05) is 5.75 Å². The zero-order valence-electron chi connectivity index (χ0n) is 6.90.